The zero-order chi connectivity index (χ0) is 13.9. The molecule has 1 aliphatic heterocycles. The molecule has 0 aliphatic carbocycles. The summed E-state index contributed by atoms with van der Waals surface area (Å²) in [5, 5.41) is 3.20. The van der Waals surface area contributed by atoms with E-state index >= 15 is 0 Å². The maximum atomic E-state index is 12.8. The maximum Gasteiger partial charge on any atom is 0.416 e. The lowest BCUT2D eigenvalue weighted by Crippen LogP contribution is -2.34. The van der Waals surface area contributed by atoms with Crippen LogP contribution >= 0.6 is 0 Å². The quantitative estimate of drug-likeness (QED) is 0.911. The van der Waals surface area contributed by atoms with Crippen LogP contribution in [0.15, 0.2) is 18.2 Å². The van der Waals surface area contributed by atoms with E-state index in [2.05, 4.69) is 5.32 Å². The van der Waals surface area contributed by atoms with Crippen LogP contribution in [-0.4, -0.2) is 19.2 Å². The molecule has 1 heterocycles. The summed E-state index contributed by atoms with van der Waals surface area (Å²) < 4.78 is 44.1. The molecule has 5 heteroatoms. The Labute approximate surface area is 111 Å². The van der Waals surface area contributed by atoms with Crippen molar-refractivity contribution in [1.29, 1.82) is 0 Å². The van der Waals surface area contributed by atoms with Crippen LogP contribution < -0.4 is 10.1 Å². The van der Waals surface area contributed by atoms with Crippen LogP contribution in [0.2, 0.25) is 0 Å². The first-order chi connectivity index (χ1) is 8.99. The van der Waals surface area contributed by atoms with Gasteiger partial charge in [-0.25, -0.2) is 0 Å². The van der Waals surface area contributed by atoms with E-state index in [0.29, 0.717) is 17.7 Å². The first-order valence-corrected chi connectivity index (χ1v) is 6.57. The van der Waals surface area contributed by atoms with Gasteiger partial charge in [0.2, 0.25) is 0 Å². The lowest BCUT2D eigenvalue weighted by atomic mass is 10.1. The predicted molar refractivity (Wildman–Crippen MR) is 67.3 cm³/mol. The van der Waals surface area contributed by atoms with Crippen molar-refractivity contribution in [3.8, 4) is 5.75 Å². The molecule has 1 fully saturated rings. The molecule has 1 aromatic rings. The van der Waals surface area contributed by atoms with Crippen LogP contribution in [0.25, 0.3) is 0 Å². The van der Waals surface area contributed by atoms with Crippen LogP contribution in [0.4, 0.5) is 13.2 Å². The van der Waals surface area contributed by atoms with Crippen molar-refractivity contribution in [3.05, 3.63) is 29.3 Å². The second kappa shape index (κ2) is 5.82. The first-order valence-electron chi connectivity index (χ1n) is 6.57. The fraction of sp³-hybridized carbons (Fsp3) is 0.571. The van der Waals surface area contributed by atoms with Crippen molar-refractivity contribution in [1.82, 2.24) is 5.32 Å². The van der Waals surface area contributed by atoms with E-state index < -0.39 is 11.7 Å². The van der Waals surface area contributed by atoms with E-state index in [0.717, 1.165) is 32.0 Å². The van der Waals surface area contributed by atoms with E-state index in [1.807, 2.05) is 6.92 Å². The number of ether oxygens (including phenoxy) is 1. The molecule has 1 aromatic carbocycles. The Hall–Kier alpha value is -1.23. The van der Waals surface area contributed by atoms with Gasteiger partial charge in [0.05, 0.1) is 5.56 Å². The number of piperidine rings is 1. The molecule has 0 atom stereocenters. The molecule has 0 unspecified atom stereocenters. The molecule has 2 nitrogen and oxygen atoms in total. The summed E-state index contributed by atoms with van der Waals surface area (Å²) in [4.78, 5) is 0. The number of halogens is 3. The molecule has 106 valence electrons. The van der Waals surface area contributed by atoms with Crippen LogP contribution in [-0.2, 0) is 12.6 Å². The van der Waals surface area contributed by atoms with E-state index in [1.165, 1.54) is 6.07 Å². The highest BCUT2D eigenvalue weighted by Crippen LogP contribution is 2.33. The van der Waals surface area contributed by atoms with Crippen molar-refractivity contribution in [2.45, 2.75) is 38.5 Å². The summed E-state index contributed by atoms with van der Waals surface area (Å²) in [6.45, 7) is 3.54. The van der Waals surface area contributed by atoms with Gasteiger partial charge in [-0.2, -0.15) is 13.2 Å². The van der Waals surface area contributed by atoms with E-state index in [-0.39, 0.29) is 6.10 Å². The van der Waals surface area contributed by atoms with Crippen molar-refractivity contribution in [2.24, 2.45) is 0 Å². The molecule has 0 aromatic heterocycles. The van der Waals surface area contributed by atoms with Crippen molar-refractivity contribution in [2.75, 3.05) is 13.1 Å². The van der Waals surface area contributed by atoms with Gasteiger partial charge in [-0.15, -0.1) is 0 Å². The molecule has 0 amide bonds. The molecule has 0 radical (unpaired) electrons. The summed E-state index contributed by atoms with van der Waals surface area (Å²) in [6.07, 6.45) is -2.09. The highest BCUT2D eigenvalue weighted by Gasteiger charge is 2.31. The van der Waals surface area contributed by atoms with Gasteiger partial charge in [0.15, 0.2) is 0 Å². The largest absolute Gasteiger partial charge is 0.490 e. The zero-order valence-electron chi connectivity index (χ0n) is 10.9. The minimum atomic E-state index is -4.32. The van der Waals surface area contributed by atoms with Gasteiger partial charge in [-0.1, -0.05) is 6.92 Å². The number of alkyl halides is 3. The Bertz CT molecular complexity index is 425. The van der Waals surface area contributed by atoms with Crippen molar-refractivity contribution in [3.63, 3.8) is 0 Å². The van der Waals surface area contributed by atoms with Gasteiger partial charge in [0.1, 0.15) is 11.9 Å². The number of hydrogen-bond donors (Lipinski definition) is 1. The average Bonchev–Trinajstić information content (AvgIpc) is 2.38. The summed E-state index contributed by atoms with van der Waals surface area (Å²) in [7, 11) is 0. The first kappa shape index (κ1) is 14.2. The standard InChI is InChI=1S/C14H18F3NO/c1-2-10-7-11(14(15,16)17)9-13(8-10)19-12-3-5-18-6-4-12/h7-9,12,18H,2-6H2,1H3. The molecule has 0 bridgehead atoms. The molecule has 2 rings (SSSR count). The highest BCUT2D eigenvalue weighted by atomic mass is 19.4. The second-order valence-corrected chi connectivity index (χ2v) is 4.78. The molecule has 1 saturated heterocycles. The van der Waals surface area contributed by atoms with Crippen LogP contribution in [0.5, 0.6) is 5.75 Å². The molecular weight excluding hydrogens is 255 g/mol. The Morgan fingerprint density at radius 3 is 2.47 bits per heavy atom. The number of aryl methyl sites for hydroxylation is 1. The molecule has 0 spiro atoms. The van der Waals surface area contributed by atoms with E-state index in [4.69, 9.17) is 4.74 Å². The monoisotopic (exact) mass is 273 g/mol. The fourth-order valence-corrected chi connectivity index (χ4v) is 2.20. The van der Waals surface area contributed by atoms with Gasteiger partial charge >= 0.3 is 6.18 Å². The molecule has 0 saturated carbocycles. The number of rotatable bonds is 3. The molecule has 1 aliphatic rings. The second-order valence-electron chi connectivity index (χ2n) is 4.78. The Morgan fingerprint density at radius 2 is 1.89 bits per heavy atom. The lowest BCUT2D eigenvalue weighted by Gasteiger charge is -2.24. The normalized spacial score (nSPS) is 17.5. The fourth-order valence-electron chi connectivity index (χ4n) is 2.20. The van der Waals surface area contributed by atoms with Gasteiger partial charge in [0.25, 0.3) is 0 Å². The number of benzene rings is 1. The summed E-state index contributed by atoms with van der Waals surface area (Å²) in [5.41, 5.74) is 0.0227. The van der Waals surface area contributed by atoms with Gasteiger partial charge in [-0.3, -0.25) is 0 Å². The Morgan fingerprint density at radius 1 is 1.21 bits per heavy atom. The van der Waals surface area contributed by atoms with E-state index in [9.17, 15) is 13.2 Å². The van der Waals surface area contributed by atoms with Crippen molar-refractivity contribution < 1.29 is 17.9 Å². The SMILES string of the molecule is CCc1cc(OC2CCNCC2)cc(C(F)(F)F)c1. The zero-order valence-corrected chi connectivity index (χ0v) is 10.9. The minimum absolute atomic E-state index is 0.00874. The average molecular weight is 273 g/mol. The van der Waals surface area contributed by atoms with Crippen LogP contribution in [0, 0.1) is 0 Å². The third-order valence-electron chi connectivity index (χ3n) is 3.29. The Kier molecular flexibility index (Phi) is 4.34. The third-order valence-corrected chi connectivity index (χ3v) is 3.29. The van der Waals surface area contributed by atoms with Crippen LogP contribution in [0.3, 0.4) is 0 Å². The minimum Gasteiger partial charge on any atom is -0.490 e. The highest BCUT2D eigenvalue weighted by molar-refractivity contribution is 5.36. The van der Waals surface area contributed by atoms with Crippen LogP contribution in [0.1, 0.15) is 30.9 Å². The van der Waals surface area contributed by atoms with E-state index in [1.54, 1.807) is 6.07 Å². The molecule has 19 heavy (non-hydrogen) atoms. The molecule has 1 N–H and O–H groups in total. The number of hydrogen-bond acceptors (Lipinski definition) is 2. The summed E-state index contributed by atoms with van der Waals surface area (Å²) in [5.74, 6) is 0.332. The maximum absolute atomic E-state index is 12.8. The smallest absolute Gasteiger partial charge is 0.416 e. The third kappa shape index (κ3) is 3.86. The summed E-state index contributed by atoms with van der Waals surface area (Å²) >= 11 is 0. The Balaban J connectivity index is 2.19. The van der Waals surface area contributed by atoms with Gasteiger partial charge in [0, 0.05) is 0 Å². The topological polar surface area (TPSA) is 21.3 Å². The summed E-state index contributed by atoms with van der Waals surface area (Å²) in [6, 6.07) is 3.99. The predicted octanol–water partition coefficient (Wildman–Crippen LogP) is 3.40. The van der Waals surface area contributed by atoms with Gasteiger partial charge in [-0.05, 0) is 56.1 Å². The molecular formula is C14H18F3NO. The van der Waals surface area contributed by atoms with Gasteiger partial charge < -0.3 is 10.1 Å². The van der Waals surface area contributed by atoms with Crippen molar-refractivity contribution >= 4 is 0 Å². The number of nitrogens with one attached hydrogen (secondary N) is 1. The lowest BCUT2D eigenvalue weighted by molar-refractivity contribution is -0.137.